The van der Waals surface area contributed by atoms with Crippen molar-refractivity contribution >= 4 is 24.4 Å². The largest absolute Gasteiger partial charge is 0.497 e. The molecular weight excluding hydrogens is 328 g/mol. The number of piperidine rings is 1. The number of halogens is 1. The van der Waals surface area contributed by atoms with Crippen molar-refractivity contribution in [1.82, 2.24) is 9.80 Å². The first-order chi connectivity index (χ1) is 11.0. The van der Waals surface area contributed by atoms with Gasteiger partial charge in [0.2, 0.25) is 5.91 Å². The smallest absolute Gasteiger partial charge is 0.246 e. The number of ether oxygens (including phenoxy) is 2. The lowest BCUT2D eigenvalue weighted by Gasteiger charge is -2.34. The molecule has 0 bridgehead atoms. The maximum absolute atomic E-state index is 12.4. The third kappa shape index (κ3) is 5.14. The third-order valence-electron chi connectivity index (χ3n) is 4.43. The molecular formula is C18H27ClN2O3. The highest BCUT2D eigenvalue weighted by Crippen LogP contribution is 2.25. The lowest BCUT2D eigenvalue weighted by Crippen LogP contribution is -2.43. The Labute approximate surface area is 150 Å². The van der Waals surface area contributed by atoms with Gasteiger partial charge in [0.1, 0.15) is 11.5 Å². The van der Waals surface area contributed by atoms with Gasteiger partial charge in [0.05, 0.1) is 14.2 Å². The van der Waals surface area contributed by atoms with Crippen LogP contribution in [0.25, 0.3) is 6.08 Å². The Morgan fingerprint density at radius 3 is 2.50 bits per heavy atom. The molecule has 0 unspecified atom stereocenters. The number of amides is 1. The Morgan fingerprint density at radius 2 is 1.92 bits per heavy atom. The molecule has 1 aliphatic rings. The van der Waals surface area contributed by atoms with Crippen LogP contribution in [-0.4, -0.2) is 63.2 Å². The Balaban J connectivity index is 0.00000288. The van der Waals surface area contributed by atoms with Crippen molar-refractivity contribution in [3.63, 3.8) is 0 Å². The highest BCUT2D eigenvalue weighted by atomic mass is 35.5. The number of hydrogen-bond acceptors (Lipinski definition) is 4. The molecule has 0 atom stereocenters. The highest BCUT2D eigenvalue weighted by molar-refractivity contribution is 5.92. The molecule has 0 saturated carbocycles. The predicted molar refractivity (Wildman–Crippen MR) is 99.1 cm³/mol. The number of benzene rings is 1. The number of likely N-dealkylation sites (N-methyl/N-ethyl adjacent to an activating group) is 1. The molecule has 0 aromatic heterocycles. The second-order valence-corrected chi connectivity index (χ2v) is 5.92. The van der Waals surface area contributed by atoms with Gasteiger partial charge in [0.15, 0.2) is 0 Å². The first-order valence-electron chi connectivity index (χ1n) is 7.90. The Hall–Kier alpha value is -1.72. The zero-order valence-corrected chi connectivity index (χ0v) is 15.6. The number of rotatable bonds is 5. The summed E-state index contributed by atoms with van der Waals surface area (Å²) in [5.41, 5.74) is 0.860. The molecule has 0 N–H and O–H groups in total. The van der Waals surface area contributed by atoms with Crippen LogP contribution >= 0.6 is 12.4 Å². The van der Waals surface area contributed by atoms with Crippen molar-refractivity contribution < 1.29 is 14.3 Å². The van der Waals surface area contributed by atoms with Crippen LogP contribution in [0.5, 0.6) is 11.5 Å². The standard InChI is InChI=1S/C18H26N2O3.ClH/c1-19-11-9-15(10-12-19)20(2)18(21)8-6-14-5-7-16(22-3)13-17(14)23-4;/h5-8,13,15H,9-12H2,1-4H3;1H/b8-6+;. The molecule has 1 aromatic rings. The van der Waals surface area contributed by atoms with Crippen molar-refractivity contribution in [3.8, 4) is 11.5 Å². The van der Waals surface area contributed by atoms with Crippen LogP contribution in [0.1, 0.15) is 18.4 Å². The van der Waals surface area contributed by atoms with E-state index in [-0.39, 0.29) is 18.3 Å². The Bertz CT molecular complexity index is 569. The SMILES string of the molecule is COc1ccc(/C=C/C(=O)N(C)C2CCN(C)CC2)c(OC)c1.Cl. The van der Waals surface area contributed by atoms with E-state index in [1.54, 1.807) is 26.4 Å². The highest BCUT2D eigenvalue weighted by Gasteiger charge is 2.22. The molecule has 2 rings (SSSR count). The molecule has 0 radical (unpaired) electrons. The minimum Gasteiger partial charge on any atom is -0.497 e. The van der Waals surface area contributed by atoms with Crippen LogP contribution < -0.4 is 9.47 Å². The van der Waals surface area contributed by atoms with E-state index in [1.807, 2.05) is 30.1 Å². The van der Waals surface area contributed by atoms with Gasteiger partial charge in [-0.05, 0) is 51.2 Å². The van der Waals surface area contributed by atoms with Gasteiger partial charge < -0.3 is 19.3 Å². The second kappa shape index (κ2) is 9.55. The summed E-state index contributed by atoms with van der Waals surface area (Å²) in [4.78, 5) is 16.5. The number of nitrogens with zero attached hydrogens (tertiary/aromatic N) is 2. The maximum Gasteiger partial charge on any atom is 0.246 e. The molecule has 1 aliphatic heterocycles. The van der Waals surface area contributed by atoms with Gasteiger partial charge in [-0.1, -0.05) is 0 Å². The predicted octanol–water partition coefficient (Wildman–Crippen LogP) is 2.69. The molecule has 24 heavy (non-hydrogen) atoms. The summed E-state index contributed by atoms with van der Waals surface area (Å²) in [6.07, 6.45) is 5.46. The van der Waals surface area contributed by atoms with Crippen molar-refractivity contribution in [2.45, 2.75) is 18.9 Å². The van der Waals surface area contributed by atoms with E-state index < -0.39 is 0 Å². The minimum atomic E-state index is 0. The van der Waals surface area contributed by atoms with Crippen LogP contribution in [0.4, 0.5) is 0 Å². The van der Waals surface area contributed by atoms with E-state index in [4.69, 9.17) is 9.47 Å². The van der Waals surface area contributed by atoms with Crippen molar-refractivity contribution in [3.05, 3.63) is 29.8 Å². The third-order valence-corrected chi connectivity index (χ3v) is 4.43. The van der Waals surface area contributed by atoms with Crippen molar-refractivity contribution in [2.24, 2.45) is 0 Å². The normalized spacial score (nSPS) is 15.8. The first kappa shape index (κ1) is 20.3. The van der Waals surface area contributed by atoms with Gasteiger partial charge in [-0.15, -0.1) is 12.4 Å². The van der Waals surface area contributed by atoms with Gasteiger partial charge in [0, 0.05) is 30.8 Å². The summed E-state index contributed by atoms with van der Waals surface area (Å²) in [5.74, 6) is 1.45. The topological polar surface area (TPSA) is 42.0 Å². The fourth-order valence-corrected chi connectivity index (χ4v) is 2.80. The maximum atomic E-state index is 12.4. The molecule has 0 spiro atoms. The average molecular weight is 355 g/mol. The van der Waals surface area contributed by atoms with E-state index in [2.05, 4.69) is 11.9 Å². The zero-order chi connectivity index (χ0) is 16.8. The summed E-state index contributed by atoms with van der Waals surface area (Å²) in [7, 11) is 7.23. The van der Waals surface area contributed by atoms with Gasteiger partial charge in [-0.2, -0.15) is 0 Å². The van der Waals surface area contributed by atoms with Gasteiger partial charge in [-0.3, -0.25) is 4.79 Å². The average Bonchev–Trinajstić information content (AvgIpc) is 2.59. The molecule has 1 amide bonds. The zero-order valence-electron chi connectivity index (χ0n) is 14.8. The fraction of sp³-hybridized carbons (Fsp3) is 0.500. The van der Waals surface area contributed by atoms with E-state index in [0.717, 1.165) is 37.2 Å². The number of methoxy groups -OCH3 is 2. The Kier molecular flexibility index (Phi) is 8.08. The summed E-state index contributed by atoms with van der Waals surface area (Å²) in [6, 6.07) is 5.87. The molecule has 6 heteroatoms. The van der Waals surface area contributed by atoms with Gasteiger partial charge in [-0.25, -0.2) is 0 Å². The summed E-state index contributed by atoms with van der Waals surface area (Å²) >= 11 is 0. The van der Waals surface area contributed by atoms with Crippen molar-refractivity contribution in [2.75, 3.05) is 41.4 Å². The summed E-state index contributed by atoms with van der Waals surface area (Å²) in [6.45, 7) is 2.08. The molecule has 1 heterocycles. The second-order valence-electron chi connectivity index (χ2n) is 5.92. The number of hydrogen-bond donors (Lipinski definition) is 0. The quantitative estimate of drug-likeness (QED) is 0.762. The van der Waals surface area contributed by atoms with Crippen LogP contribution in [-0.2, 0) is 4.79 Å². The van der Waals surface area contributed by atoms with Crippen LogP contribution in [0, 0.1) is 0 Å². The monoisotopic (exact) mass is 354 g/mol. The van der Waals surface area contributed by atoms with E-state index in [1.165, 1.54) is 0 Å². The summed E-state index contributed by atoms with van der Waals surface area (Å²) in [5, 5.41) is 0. The lowest BCUT2D eigenvalue weighted by atomic mass is 10.0. The molecule has 134 valence electrons. The van der Waals surface area contributed by atoms with Crippen LogP contribution in [0.3, 0.4) is 0 Å². The number of likely N-dealkylation sites (tertiary alicyclic amines) is 1. The Morgan fingerprint density at radius 1 is 1.25 bits per heavy atom. The summed E-state index contributed by atoms with van der Waals surface area (Å²) < 4.78 is 10.5. The van der Waals surface area contributed by atoms with E-state index >= 15 is 0 Å². The van der Waals surface area contributed by atoms with Crippen LogP contribution in [0.15, 0.2) is 24.3 Å². The minimum absolute atomic E-state index is 0. The lowest BCUT2D eigenvalue weighted by molar-refractivity contribution is -0.127. The number of carbonyl (C=O) groups excluding carboxylic acids is 1. The van der Waals surface area contributed by atoms with Crippen LogP contribution in [0.2, 0.25) is 0 Å². The van der Waals surface area contributed by atoms with E-state index in [0.29, 0.717) is 11.8 Å². The molecule has 1 fully saturated rings. The molecule has 0 aliphatic carbocycles. The molecule has 1 saturated heterocycles. The fourth-order valence-electron chi connectivity index (χ4n) is 2.80. The van der Waals surface area contributed by atoms with Gasteiger partial charge in [0.25, 0.3) is 0 Å². The number of carbonyl (C=O) groups is 1. The molecule has 1 aromatic carbocycles. The van der Waals surface area contributed by atoms with Gasteiger partial charge >= 0.3 is 0 Å². The molecule has 5 nitrogen and oxygen atoms in total. The van der Waals surface area contributed by atoms with E-state index in [9.17, 15) is 4.79 Å². The van der Waals surface area contributed by atoms with Crippen molar-refractivity contribution in [1.29, 1.82) is 0 Å². The first-order valence-corrected chi connectivity index (χ1v) is 7.90.